The summed E-state index contributed by atoms with van der Waals surface area (Å²) < 4.78 is 40.4. The maximum absolute atomic E-state index is 13.0. The number of rotatable bonds is 5. The summed E-state index contributed by atoms with van der Waals surface area (Å²) in [5.74, 6) is -0.781. The third-order valence-corrected chi connectivity index (χ3v) is 5.38. The quantitative estimate of drug-likeness (QED) is 0.648. The van der Waals surface area contributed by atoms with E-state index >= 15 is 0 Å². The van der Waals surface area contributed by atoms with E-state index in [1.165, 1.54) is 21.7 Å². The third kappa shape index (κ3) is 4.51. The highest BCUT2D eigenvalue weighted by Gasteiger charge is 2.32. The molecule has 0 radical (unpaired) electrons. The van der Waals surface area contributed by atoms with Gasteiger partial charge in [0.25, 0.3) is 11.8 Å². The van der Waals surface area contributed by atoms with Gasteiger partial charge in [0.15, 0.2) is 5.69 Å². The number of nitrogens with zero attached hydrogens (tertiary/aromatic N) is 3. The first-order valence-electron chi connectivity index (χ1n) is 10.1. The average Bonchev–Trinajstić information content (AvgIpc) is 3.21. The van der Waals surface area contributed by atoms with Gasteiger partial charge in [0, 0.05) is 19.2 Å². The van der Waals surface area contributed by atoms with Crippen molar-refractivity contribution >= 4 is 11.8 Å². The normalized spacial score (nSPS) is 14.8. The molecule has 1 unspecified atom stereocenters. The fourth-order valence-corrected chi connectivity index (χ4v) is 3.66. The molecule has 32 heavy (non-hydrogen) atoms. The summed E-state index contributed by atoms with van der Waals surface area (Å²) in [6.07, 6.45) is -4.44. The first kappa shape index (κ1) is 21.6. The van der Waals surface area contributed by atoms with Crippen LogP contribution in [0.5, 0.6) is 0 Å². The zero-order valence-electron chi connectivity index (χ0n) is 17.3. The van der Waals surface area contributed by atoms with E-state index < -0.39 is 17.6 Å². The lowest BCUT2D eigenvalue weighted by Crippen LogP contribution is -2.39. The molecule has 2 amide bonds. The number of amides is 2. The number of nitrogens with one attached hydrogen (secondary N) is 1. The third-order valence-electron chi connectivity index (χ3n) is 5.38. The number of hydrogen-bond donors (Lipinski definition) is 1. The van der Waals surface area contributed by atoms with Crippen LogP contribution in [-0.4, -0.2) is 33.0 Å². The van der Waals surface area contributed by atoms with E-state index in [1.54, 1.807) is 6.07 Å². The van der Waals surface area contributed by atoms with Crippen LogP contribution in [0, 0.1) is 0 Å². The molecule has 1 aliphatic rings. The molecule has 9 heteroatoms. The summed E-state index contributed by atoms with van der Waals surface area (Å²) >= 11 is 0. The van der Waals surface area contributed by atoms with Gasteiger partial charge in [-0.15, -0.1) is 0 Å². The van der Waals surface area contributed by atoms with Crippen molar-refractivity contribution < 1.29 is 22.8 Å². The van der Waals surface area contributed by atoms with Gasteiger partial charge < -0.3 is 10.2 Å². The first-order valence-corrected chi connectivity index (χ1v) is 10.1. The Kier molecular flexibility index (Phi) is 5.73. The van der Waals surface area contributed by atoms with Gasteiger partial charge in [0.1, 0.15) is 5.69 Å². The van der Waals surface area contributed by atoms with Gasteiger partial charge in [0.2, 0.25) is 0 Å². The molecule has 1 N–H and O–H groups in total. The molecule has 0 bridgehead atoms. The molecular weight excluding hydrogens is 421 g/mol. The van der Waals surface area contributed by atoms with Crippen LogP contribution in [-0.2, 0) is 19.3 Å². The standard InChI is InChI=1S/C23H21F3N4O2/c1-15(17-7-3-2-4-8-17)27-21(31)19-13-20-22(32)29(10-11-30(20)28-19)14-16-6-5-9-18(12-16)23(24,25)26/h2-9,12-13,15H,10-11,14H2,1H3,(H,27,31). The van der Waals surface area contributed by atoms with Crippen molar-refractivity contribution in [2.75, 3.05) is 6.54 Å². The summed E-state index contributed by atoms with van der Waals surface area (Å²) in [7, 11) is 0. The second-order valence-electron chi connectivity index (χ2n) is 7.67. The van der Waals surface area contributed by atoms with Crippen molar-refractivity contribution in [2.24, 2.45) is 0 Å². The van der Waals surface area contributed by atoms with Gasteiger partial charge in [-0.3, -0.25) is 14.3 Å². The Morgan fingerprint density at radius 3 is 2.56 bits per heavy atom. The van der Waals surface area contributed by atoms with Gasteiger partial charge in [-0.05, 0) is 30.2 Å². The highest BCUT2D eigenvalue weighted by molar-refractivity contribution is 5.98. The monoisotopic (exact) mass is 442 g/mol. The van der Waals surface area contributed by atoms with Crippen molar-refractivity contribution in [3.63, 3.8) is 0 Å². The molecule has 0 fully saturated rings. The smallest absolute Gasteiger partial charge is 0.344 e. The van der Waals surface area contributed by atoms with E-state index in [2.05, 4.69) is 10.4 Å². The molecule has 2 aromatic carbocycles. The molecular formula is C23H21F3N4O2. The van der Waals surface area contributed by atoms with E-state index in [4.69, 9.17) is 0 Å². The molecule has 6 nitrogen and oxygen atoms in total. The first-order chi connectivity index (χ1) is 15.2. The van der Waals surface area contributed by atoms with E-state index in [0.29, 0.717) is 12.1 Å². The molecule has 2 heterocycles. The number of carbonyl (C=O) groups excluding carboxylic acids is 2. The van der Waals surface area contributed by atoms with Gasteiger partial charge in [-0.25, -0.2) is 0 Å². The number of alkyl halides is 3. The van der Waals surface area contributed by atoms with Crippen LogP contribution < -0.4 is 5.32 Å². The topological polar surface area (TPSA) is 67.2 Å². The van der Waals surface area contributed by atoms with Crippen molar-refractivity contribution in [2.45, 2.75) is 32.2 Å². The maximum Gasteiger partial charge on any atom is 0.416 e. The Hall–Kier alpha value is -3.62. The summed E-state index contributed by atoms with van der Waals surface area (Å²) in [5.41, 5.74) is 0.928. The Morgan fingerprint density at radius 1 is 1.09 bits per heavy atom. The van der Waals surface area contributed by atoms with Gasteiger partial charge >= 0.3 is 6.18 Å². The minimum atomic E-state index is -4.44. The molecule has 0 saturated heterocycles. The highest BCUT2D eigenvalue weighted by Crippen LogP contribution is 2.30. The zero-order valence-corrected chi connectivity index (χ0v) is 17.3. The van der Waals surface area contributed by atoms with Crippen LogP contribution in [0.4, 0.5) is 13.2 Å². The van der Waals surface area contributed by atoms with Gasteiger partial charge in [-0.2, -0.15) is 18.3 Å². The predicted octanol–water partition coefficient (Wildman–Crippen LogP) is 4.05. The minimum Gasteiger partial charge on any atom is -0.344 e. The van der Waals surface area contributed by atoms with Crippen LogP contribution in [0.3, 0.4) is 0 Å². The Bertz CT molecular complexity index is 1140. The summed E-state index contributed by atoms with van der Waals surface area (Å²) in [6, 6.07) is 15.6. The second-order valence-corrected chi connectivity index (χ2v) is 7.67. The van der Waals surface area contributed by atoms with Crippen LogP contribution >= 0.6 is 0 Å². The number of fused-ring (bicyclic) bond motifs is 1. The lowest BCUT2D eigenvalue weighted by atomic mass is 10.1. The second kappa shape index (κ2) is 8.49. The maximum atomic E-state index is 13.0. The lowest BCUT2D eigenvalue weighted by Gasteiger charge is -2.27. The zero-order chi connectivity index (χ0) is 22.9. The average molecular weight is 442 g/mol. The van der Waals surface area contributed by atoms with Crippen LogP contribution in [0.2, 0.25) is 0 Å². The molecule has 0 spiro atoms. The summed E-state index contributed by atoms with van der Waals surface area (Å²) in [4.78, 5) is 27.0. The molecule has 3 aromatic rings. The highest BCUT2D eigenvalue weighted by atomic mass is 19.4. The molecule has 0 aliphatic carbocycles. The van der Waals surface area contributed by atoms with E-state index in [1.807, 2.05) is 37.3 Å². The number of aromatic nitrogens is 2. The summed E-state index contributed by atoms with van der Waals surface area (Å²) in [5, 5.41) is 7.11. The molecule has 1 aliphatic heterocycles. The van der Waals surface area contributed by atoms with E-state index in [0.717, 1.165) is 17.7 Å². The van der Waals surface area contributed by atoms with E-state index in [-0.39, 0.29) is 36.4 Å². The molecule has 1 atom stereocenters. The molecule has 0 saturated carbocycles. The summed E-state index contributed by atoms with van der Waals surface area (Å²) in [6.45, 7) is 2.53. The largest absolute Gasteiger partial charge is 0.416 e. The molecule has 1 aromatic heterocycles. The van der Waals surface area contributed by atoms with Crippen molar-refractivity contribution in [1.82, 2.24) is 20.0 Å². The fourth-order valence-electron chi connectivity index (χ4n) is 3.66. The number of carbonyl (C=O) groups is 2. The Labute approximate surface area is 182 Å². The van der Waals surface area contributed by atoms with Gasteiger partial charge in [-0.1, -0.05) is 42.5 Å². The van der Waals surface area contributed by atoms with Crippen molar-refractivity contribution in [3.8, 4) is 0 Å². The van der Waals surface area contributed by atoms with Crippen molar-refractivity contribution in [3.05, 3.63) is 88.7 Å². The predicted molar refractivity (Wildman–Crippen MR) is 111 cm³/mol. The molecule has 4 rings (SSSR count). The van der Waals surface area contributed by atoms with Crippen LogP contribution in [0.15, 0.2) is 60.7 Å². The number of halogens is 3. The molecule has 166 valence electrons. The van der Waals surface area contributed by atoms with Crippen LogP contribution in [0.1, 0.15) is 50.6 Å². The van der Waals surface area contributed by atoms with Gasteiger partial charge in [0.05, 0.1) is 18.2 Å². The minimum absolute atomic E-state index is 0.0422. The Balaban J connectivity index is 1.47. The Morgan fingerprint density at radius 2 is 1.84 bits per heavy atom. The van der Waals surface area contributed by atoms with Crippen LogP contribution in [0.25, 0.3) is 0 Å². The SMILES string of the molecule is CC(NC(=O)c1cc2n(n1)CCN(Cc1cccc(C(F)(F)F)c1)C2=O)c1ccccc1. The number of benzene rings is 2. The lowest BCUT2D eigenvalue weighted by molar-refractivity contribution is -0.137. The number of hydrogen-bond acceptors (Lipinski definition) is 3. The van der Waals surface area contributed by atoms with Crippen molar-refractivity contribution in [1.29, 1.82) is 0 Å². The van der Waals surface area contributed by atoms with E-state index in [9.17, 15) is 22.8 Å². The fraction of sp³-hybridized carbons (Fsp3) is 0.261.